The summed E-state index contributed by atoms with van der Waals surface area (Å²) in [5.41, 5.74) is 0. The number of ketones is 1. The Bertz CT molecular complexity index is 210. The zero-order chi connectivity index (χ0) is 8.77. The van der Waals surface area contributed by atoms with Gasteiger partial charge in [-0.2, -0.15) is 0 Å². The monoisotopic (exact) mass is 170 g/mol. The van der Waals surface area contributed by atoms with E-state index in [4.69, 9.17) is 9.47 Å². The van der Waals surface area contributed by atoms with Crippen molar-refractivity contribution >= 4 is 5.78 Å². The fraction of sp³-hybridized carbons (Fsp3) is 0.889. The minimum Gasteiger partial charge on any atom is -0.345 e. The van der Waals surface area contributed by atoms with Crippen LogP contribution in [0.4, 0.5) is 0 Å². The van der Waals surface area contributed by atoms with E-state index < -0.39 is 5.79 Å². The molecule has 1 heterocycles. The Balaban J connectivity index is 2.07. The number of carbonyl (C=O) groups is 1. The summed E-state index contributed by atoms with van der Waals surface area (Å²) in [6, 6.07) is 0. The Morgan fingerprint density at radius 3 is 2.75 bits per heavy atom. The van der Waals surface area contributed by atoms with Crippen molar-refractivity contribution in [1.82, 2.24) is 0 Å². The molecule has 2 aliphatic rings. The fourth-order valence-electron chi connectivity index (χ4n) is 1.96. The number of rotatable bonds is 0. The lowest BCUT2D eigenvalue weighted by atomic mass is 9.94. The third-order valence-electron chi connectivity index (χ3n) is 2.42. The third kappa shape index (κ3) is 1.39. The summed E-state index contributed by atoms with van der Waals surface area (Å²) in [5.74, 6) is -0.183. The van der Waals surface area contributed by atoms with Gasteiger partial charge in [0.1, 0.15) is 5.78 Å². The molecule has 0 aromatic heterocycles. The van der Waals surface area contributed by atoms with Gasteiger partial charge in [-0.3, -0.25) is 4.79 Å². The maximum Gasteiger partial charge on any atom is 0.163 e. The average Bonchev–Trinajstić information content (AvgIpc) is 2.21. The van der Waals surface area contributed by atoms with Crippen LogP contribution in [0.3, 0.4) is 0 Å². The van der Waals surface area contributed by atoms with Gasteiger partial charge in [-0.05, 0) is 20.3 Å². The van der Waals surface area contributed by atoms with E-state index in [0.29, 0.717) is 18.6 Å². The number of hydrogen-bond acceptors (Lipinski definition) is 3. The first-order chi connectivity index (χ1) is 5.57. The van der Waals surface area contributed by atoms with E-state index in [0.717, 1.165) is 6.42 Å². The van der Waals surface area contributed by atoms with Gasteiger partial charge in [0.2, 0.25) is 0 Å². The van der Waals surface area contributed by atoms with Crippen LogP contribution < -0.4 is 0 Å². The van der Waals surface area contributed by atoms with Crippen LogP contribution in [-0.2, 0) is 14.3 Å². The van der Waals surface area contributed by atoms with Crippen molar-refractivity contribution in [1.29, 1.82) is 0 Å². The van der Waals surface area contributed by atoms with Crippen LogP contribution in [0.2, 0.25) is 0 Å². The van der Waals surface area contributed by atoms with Crippen LogP contribution in [0.15, 0.2) is 0 Å². The molecule has 2 atom stereocenters. The summed E-state index contributed by atoms with van der Waals surface area (Å²) in [6.45, 7) is 3.80. The minimum atomic E-state index is -0.486. The summed E-state index contributed by atoms with van der Waals surface area (Å²) in [5, 5.41) is 0. The molecule has 2 fully saturated rings. The number of Topliss-reactive ketones (excluding diaryl/α,β-unsaturated/α-hetero) is 1. The summed E-state index contributed by atoms with van der Waals surface area (Å²) >= 11 is 0. The zero-order valence-corrected chi connectivity index (χ0v) is 7.50. The molecule has 1 aliphatic carbocycles. The molecular weight excluding hydrogens is 156 g/mol. The van der Waals surface area contributed by atoms with Crippen molar-refractivity contribution in [2.45, 2.75) is 51.1 Å². The molecular formula is C9H14O3. The van der Waals surface area contributed by atoms with Gasteiger partial charge in [0, 0.05) is 12.8 Å². The highest BCUT2D eigenvalue weighted by Gasteiger charge is 2.44. The lowest BCUT2D eigenvalue weighted by Crippen LogP contribution is -2.31. The number of ether oxygens (including phenoxy) is 2. The summed E-state index contributed by atoms with van der Waals surface area (Å²) in [4.78, 5) is 11.1. The Labute approximate surface area is 72.0 Å². The molecule has 0 bridgehead atoms. The second kappa shape index (κ2) is 2.54. The molecule has 0 amide bonds. The Kier molecular flexibility index (Phi) is 1.73. The highest BCUT2D eigenvalue weighted by atomic mass is 16.7. The molecule has 0 aromatic carbocycles. The molecule has 0 spiro atoms. The maximum absolute atomic E-state index is 11.1. The van der Waals surface area contributed by atoms with E-state index in [1.165, 1.54) is 0 Å². The second-order valence-electron chi connectivity index (χ2n) is 3.99. The van der Waals surface area contributed by atoms with E-state index in [2.05, 4.69) is 0 Å². The Hall–Kier alpha value is -0.410. The molecule has 1 saturated carbocycles. The Morgan fingerprint density at radius 2 is 2.00 bits per heavy atom. The van der Waals surface area contributed by atoms with Gasteiger partial charge in [-0.25, -0.2) is 0 Å². The largest absolute Gasteiger partial charge is 0.345 e. The molecule has 2 unspecified atom stereocenters. The molecule has 1 saturated heterocycles. The van der Waals surface area contributed by atoms with Crippen molar-refractivity contribution in [2.24, 2.45) is 0 Å². The highest BCUT2D eigenvalue weighted by Crippen LogP contribution is 2.35. The number of hydrogen-bond donors (Lipinski definition) is 0. The standard InChI is InChI=1S/C9H14O3/c1-9(2)11-7-4-3-6(10)5-8(7)12-9/h7-8H,3-5H2,1-2H3. The van der Waals surface area contributed by atoms with Crippen LogP contribution in [0.5, 0.6) is 0 Å². The summed E-state index contributed by atoms with van der Waals surface area (Å²) in [6.07, 6.45) is 2.18. The number of fused-ring (bicyclic) bond motifs is 1. The minimum absolute atomic E-state index is 0.0150. The van der Waals surface area contributed by atoms with Crippen LogP contribution >= 0.6 is 0 Å². The van der Waals surface area contributed by atoms with Crippen molar-refractivity contribution in [3.05, 3.63) is 0 Å². The molecule has 0 N–H and O–H groups in total. The predicted molar refractivity (Wildman–Crippen MR) is 42.7 cm³/mol. The highest BCUT2D eigenvalue weighted by molar-refractivity contribution is 5.79. The normalized spacial score (nSPS) is 39.7. The number of carbonyl (C=O) groups excluding carboxylic acids is 1. The van der Waals surface area contributed by atoms with Crippen molar-refractivity contribution in [2.75, 3.05) is 0 Å². The summed E-state index contributed by atoms with van der Waals surface area (Å²) in [7, 11) is 0. The van der Waals surface area contributed by atoms with Crippen molar-refractivity contribution in [3.63, 3.8) is 0 Å². The first-order valence-electron chi connectivity index (χ1n) is 4.44. The molecule has 0 aromatic rings. The van der Waals surface area contributed by atoms with Gasteiger partial charge >= 0.3 is 0 Å². The summed E-state index contributed by atoms with van der Waals surface area (Å²) < 4.78 is 11.2. The first kappa shape index (κ1) is 8.20. The van der Waals surface area contributed by atoms with Gasteiger partial charge in [0.25, 0.3) is 0 Å². The van der Waals surface area contributed by atoms with Gasteiger partial charge in [-0.15, -0.1) is 0 Å². The lowest BCUT2D eigenvalue weighted by Gasteiger charge is -2.20. The van der Waals surface area contributed by atoms with E-state index >= 15 is 0 Å². The van der Waals surface area contributed by atoms with Crippen LogP contribution in [0, 0.1) is 0 Å². The van der Waals surface area contributed by atoms with Crippen LogP contribution in [-0.4, -0.2) is 23.8 Å². The predicted octanol–water partition coefficient (Wildman–Crippen LogP) is 1.26. The van der Waals surface area contributed by atoms with Crippen molar-refractivity contribution < 1.29 is 14.3 Å². The SMILES string of the molecule is CC1(C)OC2CCC(=O)CC2O1. The van der Waals surface area contributed by atoms with Gasteiger partial charge in [0.05, 0.1) is 12.2 Å². The second-order valence-corrected chi connectivity index (χ2v) is 3.99. The quantitative estimate of drug-likeness (QED) is 0.549. The van der Waals surface area contributed by atoms with Crippen LogP contribution in [0.1, 0.15) is 33.1 Å². The molecule has 68 valence electrons. The first-order valence-corrected chi connectivity index (χ1v) is 4.44. The van der Waals surface area contributed by atoms with Gasteiger partial charge < -0.3 is 9.47 Å². The van der Waals surface area contributed by atoms with E-state index in [9.17, 15) is 4.79 Å². The van der Waals surface area contributed by atoms with Gasteiger partial charge in [-0.1, -0.05) is 0 Å². The van der Waals surface area contributed by atoms with E-state index in [-0.39, 0.29) is 12.2 Å². The topological polar surface area (TPSA) is 35.5 Å². The lowest BCUT2D eigenvalue weighted by molar-refractivity contribution is -0.146. The molecule has 3 heteroatoms. The van der Waals surface area contributed by atoms with Crippen LogP contribution in [0.25, 0.3) is 0 Å². The molecule has 1 aliphatic heterocycles. The molecule has 0 radical (unpaired) electrons. The smallest absolute Gasteiger partial charge is 0.163 e. The average molecular weight is 170 g/mol. The fourth-order valence-corrected chi connectivity index (χ4v) is 1.96. The molecule has 3 nitrogen and oxygen atoms in total. The van der Waals surface area contributed by atoms with E-state index in [1.807, 2.05) is 13.8 Å². The third-order valence-corrected chi connectivity index (χ3v) is 2.42. The zero-order valence-electron chi connectivity index (χ0n) is 7.50. The van der Waals surface area contributed by atoms with E-state index in [1.54, 1.807) is 0 Å². The maximum atomic E-state index is 11.1. The molecule has 12 heavy (non-hydrogen) atoms. The molecule has 2 rings (SSSR count). The Morgan fingerprint density at radius 1 is 1.33 bits per heavy atom. The van der Waals surface area contributed by atoms with Crippen molar-refractivity contribution in [3.8, 4) is 0 Å². The van der Waals surface area contributed by atoms with Gasteiger partial charge in [0.15, 0.2) is 5.79 Å².